The molecule has 1 aromatic heterocycles. The van der Waals surface area contributed by atoms with Crippen LogP contribution in [0.2, 0.25) is 0 Å². The third-order valence-corrected chi connectivity index (χ3v) is 6.33. The van der Waals surface area contributed by atoms with Crippen molar-refractivity contribution < 1.29 is 14.3 Å². The standard InChI is InChI=1S/C17H18N4O3S/c1-9(22)20-6-4-11-12(8-20)21(16(23)18-11)17-19-15-10-5-7-24-13(10)2-3-14(15)25-17/h2-3,11-12H,4-8H2,1H3,(H,18,23)/t11-,12+/m1/s1. The number of piperidine rings is 1. The van der Waals surface area contributed by atoms with Gasteiger partial charge in [-0.3, -0.25) is 9.69 Å². The molecule has 4 heterocycles. The van der Waals surface area contributed by atoms with E-state index in [9.17, 15) is 9.59 Å². The maximum Gasteiger partial charge on any atom is 0.324 e. The van der Waals surface area contributed by atoms with Crippen molar-refractivity contribution in [3.63, 3.8) is 0 Å². The molecule has 2 aromatic rings. The monoisotopic (exact) mass is 358 g/mol. The number of likely N-dealkylation sites (tertiary alicyclic amines) is 1. The van der Waals surface area contributed by atoms with E-state index in [1.807, 2.05) is 17.0 Å². The number of rotatable bonds is 1. The molecule has 2 fully saturated rings. The van der Waals surface area contributed by atoms with Gasteiger partial charge in [0.2, 0.25) is 5.91 Å². The first-order valence-electron chi connectivity index (χ1n) is 8.52. The first-order chi connectivity index (χ1) is 12.1. The zero-order valence-corrected chi connectivity index (χ0v) is 14.6. The van der Waals surface area contributed by atoms with Crippen molar-refractivity contribution in [2.45, 2.75) is 31.8 Å². The Hall–Kier alpha value is -2.35. The summed E-state index contributed by atoms with van der Waals surface area (Å²) < 4.78 is 6.68. The van der Waals surface area contributed by atoms with Gasteiger partial charge in [0.05, 0.1) is 28.9 Å². The Morgan fingerprint density at radius 3 is 3.16 bits per heavy atom. The van der Waals surface area contributed by atoms with Gasteiger partial charge in [-0.25, -0.2) is 9.78 Å². The SMILES string of the molecule is CC(=O)N1CC[C@H]2NC(=O)N(c3nc4c5c(ccc4s3)OCC5)[C@H]2C1. The van der Waals surface area contributed by atoms with E-state index in [-0.39, 0.29) is 24.0 Å². The minimum Gasteiger partial charge on any atom is -0.493 e. The fourth-order valence-electron chi connectivity index (χ4n) is 4.02. The van der Waals surface area contributed by atoms with Gasteiger partial charge in [-0.1, -0.05) is 11.3 Å². The van der Waals surface area contributed by atoms with Crippen LogP contribution in [0.5, 0.6) is 5.75 Å². The van der Waals surface area contributed by atoms with Crippen molar-refractivity contribution in [1.82, 2.24) is 15.2 Å². The van der Waals surface area contributed by atoms with Crippen LogP contribution in [-0.4, -0.2) is 53.6 Å². The lowest BCUT2D eigenvalue weighted by molar-refractivity contribution is -0.130. The number of amides is 3. The van der Waals surface area contributed by atoms with Crippen LogP contribution in [0.25, 0.3) is 10.2 Å². The highest BCUT2D eigenvalue weighted by Gasteiger charge is 2.45. The number of aromatic nitrogens is 1. The molecule has 0 radical (unpaired) electrons. The number of nitrogens with zero attached hydrogens (tertiary/aromatic N) is 3. The number of carbonyl (C=O) groups excluding carboxylic acids is 2. The highest BCUT2D eigenvalue weighted by molar-refractivity contribution is 7.22. The molecule has 0 aliphatic carbocycles. The van der Waals surface area contributed by atoms with Gasteiger partial charge in [0.1, 0.15) is 5.75 Å². The molecule has 0 unspecified atom stereocenters. The van der Waals surface area contributed by atoms with Crippen LogP contribution < -0.4 is 15.0 Å². The van der Waals surface area contributed by atoms with Crippen LogP contribution in [0.3, 0.4) is 0 Å². The Morgan fingerprint density at radius 2 is 2.32 bits per heavy atom. The molecular weight excluding hydrogens is 340 g/mol. The largest absolute Gasteiger partial charge is 0.493 e. The lowest BCUT2D eigenvalue weighted by atomic mass is 10.0. The maximum atomic E-state index is 12.6. The molecule has 25 heavy (non-hydrogen) atoms. The fourth-order valence-corrected chi connectivity index (χ4v) is 5.07. The molecule has 0 bridgehead atoms. The fraction of sp³-hybridized carbons (Fsp3) is 0.471. The van der Waals surface area contributed by atoms with E-state index in [0.29, 0.717) is 24.8 Å². The Kier molecular flexibility index (Phi) is 3.18. The van der Waals surface area contributed by atoms with Crippen LogP contribution in [0.1, 0.15) is 18.9 Å². The van der Waals surface area contributed by atoms with Crippen LogP contribution in [0, 0.1) is 0 Å². The van der Waals surface area contributed by atoms with Gasteiger partial charge in [-0.05, 0) is 18.6 Å². The van der Waals surface area contributed by atoms with E-state index in [4.69, 9.17) is 9.72 Å². The van der Waals surface area contributed by atoms with E-state index < -0.39 is 0 Å². The number of ether oxygens (including phenoxy) is 1. The summed E-state index contributed by atoms with van der Waals surface area (Å²) in [6.07, 6.45) is 1.63. The number of benzene rings is 1. The number of hydrogen-bond donors (Lipinski definition) is 1. The normalized spacial score (nSPS) is 24.9. The average molecular weight is 358 g/mol. The van der Waals surface area contributed by atoms with E-state index in [1.165, 1.54) is 11.3 Å². The van der Waals surface area contributed by atoms with Crippen LogP contribution in [0.15, 0.2) is 12.1 Å². The second-order valence-corrected chi connectivity index (χ2v) is 7.74. The summed E-state index contributed by atoms with van der Waals surface area (Å²) in [4.78, 5) is 32.7. The van der Waals surface area contributed by atoms with Crippen molar-refractivity contribution >= 4 is 38.6 Å². The molecule has 8 heteroatoms. The number of thiazole rings is 1. The van der Waals surface area contributed by atoms with Crippen LogP contribution >= 0.6 is 11.3 Å². The molecule has 0 saturated carbocycles. The topological polar surface area (TPSA) is 74.8 Å². The molecule has 2 saturated heterocycles. The summed E-state index contributed by atoms with van der Waals surface area (Å²) >= 11 is 1.52. The molecule has 3 aliphatic heterocycles. The highest BCUT2D eigenvalue weighted by atomic mass is 32.1. The van der Waals surface area contributed by atoms with Crippen molar-refractivity contribution in [3.8, 4) is 5.75 Å². The first-order valence-corrected chi connectivity index (χ1v) is 9.34. The molecule has 0 spiro atoms. The third kappa shape index (κ3) is 2.20. The highest BCUT2D eigenvalue weighted by Crippen LogP contribution is 2.39. The number of fused-ring (bicyclic) bond motifs is 4. The summed E-state index contributed by atoms with van der Waals surface area (Å²) in [7, 11) is 0. The minimum absolute atomic E-state index is 0.0528. The van der Waals surface area contributed by atoms with Crippen LogP contribution in [0.4, 0.5) is 9.93 Å². The van der Waals surface area contributed by atoms with Gasteiger partial charge < -0.3 is 15.0 Å². The summed E-state index contributed by atoms with van der Waals surface area (Å²) in [5, 5.41) is 3.75. The molecule has 7 nitrogen and oxygen atoms in total. The molecular formula is C17H18N4O3S. The van der Waals surface area contributed by atoms with Crippen molar-refractivity contribution in [1.29, 1.82) is 0 Å². The lowest BCUT2D eigenvalue weighted by Gasteiger charge is -2.35. The Morgan fingerprint density at radius 1 is 1.44 bits per heavy atom. The van der Waals surface area contributed by atoms with Gasteiger partial charge >= 0.3 is 6.03 Å². The lowest BCUT2D eigenvalue weighted by Crippen LogP contribution is -2.53. The number of urea groups is 1. The number of hydrogen-bond acceptors (Lipinski definition) is 5. The van der Waals surface area contributed by atoms with E-state index in [1.54, 1.807) is 11.8 Å². The zero-order valence-electron chi connectivity index (χ0n) is 13.8. The smallest absolute Gasteiger partial charge is 0.324 e. The van der Waals surface area contributed by atoms with Crippen molar-refractivity contribution in [2.75, 3.05) is 24.6 Å². The molecule has 130 valence electrons. The van der Waals surface area contributed by atoms with Crippen molar-refractivity contribution in [2.24, 2.45) is 0 Å². The second kappa shape index (κ2) is 5.32. The molecule has 5 rings (SSSR count). The van der Waals surface area contributed by atoms with E-state index in [0.717, 1.165) is 34.4 Å². The van der Waals surface area contributed by atoms with Crippen LogP contribution in [-0.2, 0) is 11.2 Å². The van der Waals surface area contributed by atoms with Gasteiger partial charge in [-0.2, -0.15) is 0 Å². The Balaban J connectivity index is 1.54. The zero-order chi connectivity index (χ0) is 17.1. The van der Waals surface area contributed by atoms with Gasteiger partial charge in [0.15, 0.2) is 5.13 Å². The quantitative estimate of drug-likeness (QED) is 0.843. The summed E-state index contributed by atoms with van der Waals surface area (Å²) in [6, 6.07) is 3.89. The maximum absolute atomic E-state index is 12.6. The molecule has 1 aromatic carbocycles. The molecule has 3 aliphatic rings. The molecule has 1 N–H and O–H groups in total. The van der Waals surface area contributed by atoms with E-state index in [2.05, 4.69) is 5.32 Å². The Bertz CT molecular complexity index is 895. The summed E-state index contributed by atoms with van der Waals surface area (Å²) in [5.41, 5.74) is 2.07. The van der Waals surface area contributed by atoms with Gasteiger partial charge in [0, 0.05) is 32.0 Å². The van der Waals surface area contributed by atoms with Gasteiger partial charge in [-0.15, -0.1) is 0 Å². The number of anilines is 1. The summed E-state index contributed by atoms with van der Waals surface area (Å²) in [5.74, 6) is 0.950. The van der Waals surface area contributed by atoms with E-state index >= 15 is 0 Å². The first kappa shape index (κ1) is 14.9. The second-order valence-electron chi connectivity index (χ2n) is 6.73. The molecule has 2 atom stereocenters. The average Bonchev–Trinajstić information content (AvgIpc) is 3.28. The number of nitrogens with one attached hydrogen (secondary N) is 1. The predicted molar refractivity (Wildman–Crippen MR) is 94.3 cm³/mol. The van der Waals surface area contributed by atoms with Crippen molar-refractivity contribution in [3.05, 3.63) is 17.7 Å². The predicted octanol–water partition coefficient (Wildman–Crippen LogP) is 1.75. The number of carbonyl (C=O) groups is 2. The molecule has 3 amide bonds. The van der Waals surface area contributed by atoms with Gasteiger partial charge in [0.25, 0.3) is 0 Å². The minimum atomic E-state index is -0.118. The summed E-state index contributed by atoms with van der Waals surface area (Å²) in [6.45, 7) is 3.50. The Labute approximate surface area is 148 Å². The third-order valence-electron chi connectivity index (χ3n) is 5.31.